The molecule has 3 aromatic rings. The maximum atomic E-state index is 13.9. The van der Waals surface area contributed by atoms with Crippen LogP contribution < -0.4 is 20.3 Å². The van der Waals surface area contributed by atoms with E-state index in [9.17, 15) is 28.4 Å². The third-order valence-electron chi connectivity index (χ3n) is 8.00. The van der Waals surface area contributed by atoms with Crippen molar-refractivity contribution in [2.45, 2.75) is 69.7 Å². The Morgan fingerprint density at radius 3 is 2.24 bits per heavy atom. The van der Waals surface area contributed by atoms with E-state index in [1.807, 2.05) is 36.4 Å². The Kier molecular flexibility index (Phi) is 11.7. The molecule has 10 nitrogen and oxygen atoms in total. The fourth-order valence-electron chi connectivity index (χ4n) is 5.58. The molecule has 3 aromatic carbocycles. The third-order valence-corrected chi connectivity index (χ3v) is 9.06. The molecule has 1 fully saturated rings. The molecule has 2 amide bonds. The highest BCUT2D eigenvalue weighted by atomic mass is 32.2. The lowest BCUT2D eigenvalue weighted by molar-refractivity contribution is -0.123. The molecule has 1 aliphatic rings. The molecule has 238 valence electrons. The first-order chi connectivity index (χ1) is 21.6. The van der Waals surface area contributed by atoms with Crippen LogP contribution in [0, 0.1) is 11.3 Å². The highest BCUT2D eigenvalue weighted by Crippen LogP contribution is 2.33. The van der Waals surface area contributed by atoms with Crippen molar-refractivity contribution in [2.75, 3.05) is 17.1 Å². The average molecular weight is 632 g/mol. The van der Waals surface area contributed by atoms with Crippen molar-refractivity contribution in [1.82, 2.24) is 16.0 Å². The summed E-state index contributed by atoms with van der Waals surface area (Å²) in [5.41, 5.74) is 1.24. The normalized spacial score (nSPS) is 15.7. The van der Waals surface area contributed by atoms with Gasteiger partial charge in [-0.05, 0) is 56.0 Å². The summed E-state index contributed by atoms with van der Waals surface area (Å²) < 4.78 is 27.1. The van der Waals surface area contributed by atoms with Gasteiger partial charge in [-0.25, -0.2) is 12.7 Å². The number of benzene rings is 3. The molecule has 11 heteroatoms. The zero-order valence-corrected chi connectivity index (χ0v) is 26.5. The summed E-state index contributed by atoms with van der Waals surface area (Å²) in [6.45, 7) is 1.77. The maximum Gasteiger partial charge on any atom is 0.253 e. The van der Waals surface area contributed by atoms with Gasteiger partial charge in [-0.2, -0.15) is 5.26 Å². The minimum absolute atomic E-state index is 0.0314. The van der Waals surface area contributed by atoms with Crippen molar-refractivity contribution >= 4 is 33.2 Å². The molecule has 3 atom stereocenters. The Morgan fingerprint density at radius 2 is 1.58 bits per heavy atom. The van der Waals surface area contributed by atoms with Crippen LogP contribution in [0.5, 0.6) is 0 Å². The monoisotopic (exact) mass is 631 g/mol. The maximum absolute atomic E-state index is 13.9. The molecule has 0 heterocycles. The number of nitrogens with one attached hydrogen (secondary N) is 3. The van der Waals surface area contributed by atoms with Crippen LogP contribution in [0.15, 0.2) is 78.9 Å². The Morgan fingerprint density at radius 1 is 0.956 bits per heavy atom. The Balaban J connectivity index is 1.56. The average Bonchev–Trinajstić information content (AvgIpc) is 3.04. The Labute approximate surface area is 265 Å². The van der Waals surface area contributed by atoms with Crippen molar-refractivity contribution in [3.63, 3.8) is 0 Å². The van der Waals surface area contributed by atoms with E-state index in [2.05, 4.69) is 16.0 Å². The quantitative estimate of drug-likeness (QED) is 0.224. The molecule has 4 N–H and O–H groups in total. The topological polar surface area (TPSA) is 152 Å². The first-order valence-corrected chi connectivity index (χ1v) is 17.1. The summed E-state index contributed by atoms with van der Waals surface area (Å²) >= 11 is 0. The number of hydrogen-bond acceptors (Lipinski definition) is 7. The second-order valence-corrected chi connectivity index (χ2v) is 13.3. The van der Waals surface area contributed by atoms with E-state index in [0.717, 1.165) is 41.8 Å². The summed E-state index contributed by atoms with van der Waals surface area (Å²) in [6, 6.07) is 22.7. The lowest BCUT2D eigenvalue weighted by Crippen LogP contribution is -2.53. The van der Waals surface area contributed by atoms with Crippen molar-refractivity contribution < 1.29 is 23.1 Å². The molecule has 0 radical (unpaired) electrons. The molecule has 4 rings (SSSR count). The Bertz CT molecular complexity index is 1600. The molecule has 0 spiro atoms. The van der Waals surface area contributed by atoms with Crippen LogP contribution in [0.1, 0.15) is 60.5 Å². The van der Waals surface area contributed by atoms with E-state index in [1.54, 1.807) is 31.2 Å². The minimum Gasteiger partial charge on any atom is -0.390 e. The molecule has 0 unspecified atom stereocenters. The zero-order valence-electron chi connectivity index (χ0n) is 25.6. The smallest absolute Gasteiger partial charge is 0.253 e. The predicted molar refractivity (Wildman–Crippen MR) is 174 cm³/mol. The molecule has 1 saturated carbocycles. The third kappa shape index (κ3) is 9.14. The van der Waals surface area contributed by atoms with Gasteiger partial charge in [0.1, 0.15) is 6.07 Å². The van der Waals surface area contributed by atoms with Gasteiger partial charge in [-0.3, -0.25) is 9.59 Å². The molecular weight excluding hydrogens is 590 g/mol. The number of anilines is 2. The number of nitrogens with zero attached hydrogens (tertiary/aromatic N) is 2. The van der Waals surface area contributed by atoms with Crippen LogP contribution in [0.3, 0.4) is 0 Å². The lowest BCUT2D eigenvalue weighted by atomic mass is 9.95. The Hall–Kier alpha value is -4.24. The molecule has 0 aromatic heterocycles. The largest absolute Gasteiger partial charge is 0.390 e. The summed E-state index contributed by atoms with van der Waals surface area (Å²) in [7, 11) is -3.99. The highest BCUT2D eigenvalue weighted by molar-refractivity contribution is 7.92. The number of para-hydroxylation sites is 2. The van der Waals surface area contributed by atoms with E-state index in [-0.39, 0.29) is 47.4 Å². The van der Waals surface area contributed by atoms with Gasteiger partial charge >= 0.3 is 0 Å². The number of hydrogen-bond donors (Lipinski definition) is 4. The fourth-order valence-corrected chi connectivity index (χ4v) is 6.61. The van der Waals surface area contributed by atoms with Gasteiger partial charge in [0.25, 0.3) is 5.91 Å². The zero-order chi connectivity index (χ0) is 32.4. The second-order valence-electron chi connectivity index (χ2n) is 11.5. The number of carbonyl (C=O) groups is 2. The molecule has 0 bridgehead atoms. The number of aliphatic hydroxyl groups excluding tert-OH is 1. The van der Waals surface area contributed by atoms with E-state index >= 15 is 0 Å². The van der Waals surface area contributed by atoms with Gasteiger partial charge in [0.15, 0.2) is 0 Å². The minimum atomic E-state index is -3.99. The van der Waals surface area contributed by atoms with Crippen LogP contribution in [-0.2, 0) is 21.2 Å². The van der Waals surface area contributed by atoms with Gasteiger partial charge in [-0.1, -0.05) is 73.9 Å². The van der Waals surface area contributed by atoms with Gasteiger partial charge in [0.2, 0.25) is 15.9 Å². The van der Waals surface area contributed by atoms with E-state index < -0.39 is 34.1 Å². The first-order valence-electron chi connectivity index (χ1n) is 15.2. The fraction of sp³-hybridized carbons (Fsp3) is 0.382. The predicted octanol–water partition coefficient (Wildman–Crippen LogP) is 3.78. The highest BCUT2D eigenvalue weighted by Gasteiger charge is 2.29. The van der Waals surface area contributed by atoms with Crippen molar-refractivity contribution in [2.24, 2.45) is 0 Å². The van der Waals surface area contributed by atoms with Gasteiger partial charge < -0.3 is 21.1 Å². The number of rotatable bonds is 13. The number of sulfonamides is 1. The summed E-state index contributed by atoms with van der Waals surface area (Å²) in [6.07, 6.45) is 5.52. The van der Waals surface area contributed by atoms with Crippen molar-refractivity contribution in [1.29, 1.82) is 5.26 Å². The number of nitriles is 1. The van der Waals surface area contributed by atoms with Gasteiger partial charge in [-0.15, -0.1) is 0 Å². The van der Waals surface area contributed by atoms with Crippen molar-refractivity contribution in [3.05, 3.63) is 95.6 Å². The summed E-state index contributed by atoms with van der Waals surface area (Å²) in [5.74, 6) is -0.734. The second kappa shape index (κ2) is 15.7. The van der Waals surface area contributed by atoms with Crippen LogP contribution >= 0.6 is 0 Å². The van der Waals surface area contributed by atoms with Crippen LogP contribution in [0.25, 0.3) is 0 Å². The van der Waals surface area contributed by atoms with E-state index in [4.69, 9.17) is 0 Å². The number of aliphatic hydroxyl groups is 1. The van der Waals surface area contributed by atoms with E-state index in [0.29, 0.717) is 0 Å². The number of amides is 2. The summed E-state index contributed by atoms with van der Waals surface area (Å²) in [4.78, 5) is 26.7. The molecule has 0 aliphatic heterocycles. The van der Waals surface area contributed by atoms with Gasteiger partial charge in [0, 0.05) is 12.6 Å². The van der Waals surface area contributed by atoms with Gasteiger partial charge in [0.05, 0.1) is 46.9 Å². The van der Waals surface area contributed by atoms with Crippen LogP contribution in [0.2, 0.25) is 0 Å². The molecule has 45 heavy (non-hydrogen) atoms. The summed E-state index contributed by atoms with van der Waals surface area (Å²) in [5, 5.41) is 30.1. The molecular formula is C34H41N5O5S. The standard InChI is InChI=1S/C34H41N5O5S/c1-24(33(41)37-27-16-7-4-8-17-27)36-23-32(40)29(21-25-13-5-3-6-14-25)38-34(42)28-18-10-12-20-31(28)39(45(2,43)44)30-19-11-9-15-26(30)22-35/h3,5-6,9-15,18-20,24,27,29,32,36,40H,4,7-8,16-17,21,23H2,1-2H3,(H,37,41)(H,38,42)/t24-,29-,32+/m0/s1. The van der Waals surface area contributed by atoms with Crippen molar-refractivity contribution in [3.8, 4) is 6.07 Å². The van der Waals surface area contributed by atoms with Crippen LogP contribution in [-0.4, -0.2) is 62.4 Å². The molecule has 1 aliphatic carbocycles. The first kappa shape index (κ1) is 33.6. The SMILES string of the molecule is C[C@H](NC[C@@H](O)[C@H](Cc1ccccc1)NC(=O)c1ccccc1N(c1ccccc1C#N)S(C)(=O)=O)C(=O)NC1CCCCC1. The van der Waals surface area contributed by atoms with E-state index in [1.165, 1.54) is 30.7 Å². The van der Waals surface area contributed by atoms with Crippen LogP contribution in [0.4, 0.5) is 11.4 Å². The lowest BCUT2D eigenvalue weighted by Gasteiger charge is -2.29. The molecule has 0 saturated heterocycles. The number of carbonyl (C=O) groups excluding carboxylic acids is 2.